The number of hydrogen-bond acceptors (Lipinski definition) is 2. The molecule has 0 bridgehead atoms. The average molecular weight is 199 g/mol. The predicted molar refractivity (Wildman–Crippen MR) is 55.9 cm³/mol. The Kier molecular flexibility index (Phi) is 3.93. The van der Waals surface area contributed by atoms with Crippen molar-refractivity contribution in [2.24, 2.45) is 5.92 Å². The molecule has 1 fully saturated rings. The summed E-state index contributed by atoms with van der Waals surface area (Å²) in [6, 6.07) is 0.273. The molecule has 0 aromatic heterocycles. The van der Waals surface area contributed by atoms with Gasteiger partial charge >= 0.3 is 0 Å². The van der Waals surface area contributed by atoms with Crippen LogP contribution in [-0.4, -0.2) is 35.1 Å². The van der Waals surface area contributed by atoms with Gasteiger partial charge in [-0.15, -0.1) is 0 Å². The Balaban J connectivity index is 2.45. The number of hydrogen-bond donors (Lipinski definition) is 1. The van der Waals surface area contributed by atoms with Crippen molar-refractivity contribution in [1.82, 2.24) is 4.90 Å². The van der Waals surface area contributed by atoms with Crippen molar-refractivity contribution in [3.05, 3.63) is 0 Å². The van der Waals surface area contributed by atoms with E-state index in [4.69, 9.17) is 0 Å². The van der Waals surface area contributed by atoms with Crippen molar-refractivity contribution >= 4 is 5.91 Å². The number of carbonyl (C=O) groups is 1. The molecular weight excluding hydrogens is 178 g/mol. The number of aliphatic hydroxyl groups is 1. The van der Waals surface area contributed by atoms with Crippen LogP contribution in [0.25, 0.3) is 0 Å². The Morgan fingerprint density at radius 2 is 1.79 bits per heavy atom. The standard InChI is InChI=1S/C11H21NO2/c1-8(2)12(3)11(14)9-4-6-10(13)7-5-9/h8-10,13H,4-7H2,1-3H3. The molecule has 14 heavy (non-hydrogen) atoms. The van der Waals surface area contributed by atoms with Gasteiger partial charge in [-0.2, -0.15) is 0 Å². The average Bonchev–Trinajstić information content (AvgIpc) is 2.16. The molecule has 1 amide bonds. The van der Waals surface area contributed by atoms with Gasteiger partial charge in [0.25, 0.3) is 0 Å². The molecule has 0 aromatic carbocycles. The van der Waals surface area contributed by atoms with Crippen molar-refractivity contribution in [2.75, 3.05) is 7.05 Å². The van der Waals surface area contributed by atoms with Crippen molar-refractivity contribution in [1.29, 1.82) is 0 Å². The maximum absolute atomic E-state index is 11.9. The lowest BCUT2D eigenvalue weighted by molar-refractivity contribution is -0.137. The second-order valence-electron chi connectivity index (χ2n) is 4.55. The molecule has 1 rings (SSSR count). The Hall–Kier alpha value is -0.570. The zero-order valence-corrected chi connectivity index (χ0v) is 9.36. The summed E-state index contributed by atoms with van der Waals surface area (Å²) in [6.07, 6.45) is 3.07. The van der Waals surface area contributed by atoms with Gasteiger partial charge in [-0.05, 0) is 39.5 Å². The quantitative estimate of drug-likeness (QED) is 0.730. The molecule has 1 saturated carbocycles. The molecule has 3 nitrogen and oxygen atoms in total. The minimum absolute atomic E-state index is 0.144. The lowest BCUT2D eigenvalue weighted by Gasteiger charge is -2.30. The van der Waals surface area contributed by atoms with Crippen LogP contribution in [0.15, 0.2) is 0 Å². The first-order valence-corrected chi connectivity index (χ1v) is 5.47. The lowest BCUT2D eigenvalue weighted by Crippen LogP contribution is -2.39. The zero-order chi connectivity index (χ0) is 10.7. The maximum Gasteiger partial charge on any atom is 0.225 e. The molecule has 82 valence electrons. The minimum atomic E-state index is -0.177. The van der Waals surface area contributed by atoms with E-state index in [-0.39, 0.29) is 24.0 Å². The first-order chi connectivity index (χ1) is 6.52. The fourth-order valence-corrected chi connectivity index (χ4v) is 1.87. The van der Waals surface area contributed by atoms with Crippen LogP contribution in [0, 0.1) is 5.92 Å². The van der Waals surface area contributed by atoms with Crippen molar-refractivity contribution < 1.29 is 9.90 Å². The van der Waals surface area contributed by atoms with Crippen LogP contribution in [0.3, 0.4) is 0 Å². The Morgan fingerprint density at radius 3 is 2.21 bits per heavy atom. The Labute approximate surface area is 86.1 Å². The summed E-state index contributed by atoms with van der Waals surface area (Å²) >= 11 is 0. The fraction of sp³-hybridized carbons (Fsp3) is 0.909. The summed E-state index contributed by atoms with van der Waals surface area (Å²) < 4.78 is 0. The predicted octanol–water partition coefficient (Wildman–Crippen LogP) is 1.40. The van der Waals surface area contributed by atoms with Gasteiger partial charge in [0.2, 0.25) is 5.91 Å². The number of carbonyl (C=O) groups excluding carboxylic acids is 1. The Morgan fingerprint density at radius 1 is 1.29 bits per heavy atom. The lowest BCUT2D eigenvalue weighted by atomic mass is 9.86. The molecule has 3 heteroatoms. The van der Waals surface area contributed by atoms with Gasteiger partial charge in [0.15, 0.2) is 0 Å². The van der Waals surface area contributed by atoms with Crippen molar-refractivity contribution in [2.45, 2.75) is 51.7 Å². The molecule has 0 radical (unpaired) electrons. The van der Waals surface area contributed by atoms with Crippen LogP contribution in [-0.2, 0) is 4.79 Å². The summed E-state index contributed by atoms with van der Waals surface area (Å²) in [5, 5.41) is 9.33. The summed E-state index contributed by atoms with van der Waals surface area (Å²) in [4.78, 5) is 13.7. The van der Waals surface area contributed by atoms with Gasteiger partial charge in [-0.25, -0.2) is 0 Å². The third kappa shape index (κ3) is 2.71. The second-order valence-corrected chi connectivity index (χ2v) is 4.55. The maximum atomic E-state index is 11.9. The largest absolute Gasteiger partial charge is 0.393 e. The molecule has 0 atom stereocenters. The topological polar surface area (TPSA) is 40.5 Å². The van der Waals surface area contributed by atoms with Gasteiger partial charge in [0.1, 0.15) is 0 Å². The van der Waals surface area contributed by atoms with E-state index in [1.165, 1.54) is 0 Å². The van der Waals surface area contributed by atoms with Crippen LogP contribution in [0.1, 0.15) is 39.5 Å². The molecule has 1 N–H and O–H groups in total. The van der Waals surface area contributed by atoms with E-state index >= 15 is 0 Å². The molecule has 0 aromatic rings. The van der Waals surface area contributed by atoms with E-state index in [2.05, 4.69) is 0 Å². The number of nitrogens with zero attached hydrogens (tertiary/aromatic N) is 1. The highest BCUT2D eigenvalue weighted by Crippen LogP contribution is 2.25. The van der Waals surface area contributed by atoms with Gasteiger partial charge in [-0.1, -0.05) is 0 Å². The van der Waals surface area contributed by atoms with Crippen LogP contribution in [0.4, 0.5) is 0 Å². The van der Waals surface area contributed by atoms with Crippen molar-refractivity contribution in [3.8, 4) is 0 Å². The molecule has 1 aliphatic rings. The van der Waals surface area contributed by atoms with E-state index in [9.17, 15) is 9.90 Å². The smallest absolute Gasteiger partial charge is 0.225 e. The van der Waals surface area contributed by atoms with E-state index in [1.807, 2.05) is 25.8 Å². The Bertz CT molecular complexity index is 195. The van der Waals surface area contributed by atoms with Gasteiger partial charge in [-0.3, -0.25) is 4.79 Å². The van der Waals surface area contributed by atoms with E-state index in [0.717, 1.165) is 25.7 Å². The van der Waals surface area contributed by atoms with E-state index in [0.29, 0.717) is 0 Å². The highest BCUT2D eigenvalue weighted by Gasteiger charge is 2.27. The zero-order valence-electron chi connectivity index (χ0n) is 9.36. The molecule has 0 unspecified atom stereocenters. The van der Waals surface area contributed by atoms with E-state index in [1.54, 1.807) is 0 Å². The molecule has 1 aliphatic carbocycles. The van der Waals surface area contributed by atoms with Crippen LogP contribution in [0.2, 0.25) is 0 Å². The van der Waals surface area contributed by atoms with Crippen LogP contribution >= 0.6 is 0 Å². The summed E-state index contributed by atoms with van der Waals surface area (Å²) in [5.74, 6) is 0.387. The van der Waals surface area contributed by atoms with Gasteiger partial charge in [0.05, 0.1) is 6.10 Å². The van der Waals surface area contributed by atoms with Crippen molar-refractivity contribution in [3.63, 3.8) is 0 Å². The highest BCUT2D eigenvalue weighted by molar-refractivity contribution is 5.78. The third-order valence-corrected chi connectivity index (χ3v) is 3.17. The second kappa shape index (κ2) is 4.78. The molecular formula is C11H21NO2. The SMILES string of the molecule is CC(C)N(C)C(=O)C1CCC(O)CC1. The highest BCUT2D eigenvalue weighted by atomic mass is 16.3. The molecule has 0 heterocycles. The van der Waals surface area contributed by atoms with Crippen LogP contribution in [0.5, 0.6) is 0 Å². The molecule has 0 saturated heterocycles. The summed E-state index contributed by atoms with van der Waals surface area (Å²) in [6.45, 7) is 4.05. The number of amides is 1. The van der Waals surface area contributed by atoms with E-state index < -0.39 is 0 Å². The third-order valence-electron chi connectivity index (χ3n) is 3.17. The first-order valence-electron chi connectivity index (χ1n) is 5.47. The number of aliphatic hydroxyl groups excluding tert-OH is 1. The van der Waals surface area contributed by atoms with Gasteiger partial charge < -0.3 is 10.0 Å². The van der Waals surface area contributed by atoms with Gasteiger partial charge in [0, 0.05) is 19.0 Å². The fourth-order valence-electron chi connectivity index (χ4n) is 1.87. The summed E-state index contributed by atoms with van der Waals surface area (Å²) in [5.41, 5.74) is 0. The monoisotopic (exact) mass is 199 g/mol. The summed E-state index contributed by atoms with van der Waals surface area (Å²) in [7, 11) is 1.86. The molecule has 0 spiro atoms. The normalized spacial score (nSPS) is 27.8. The van der Waals surface area contributed by atoms with Crippen LogP contribution < -0.4 is 0 Å². The molecule has 0 aliphatic heterocycles. The number of rotatable bonds is 2. The first kappa shape index (κ1) is 11.5. The minimum Gasteiger partial charge on any atom is -0.393 e.